The van der Waals surface area contributed by atoms with Crippen molar-refractivity contribution in [3.63, 3.8) is 0 Å². The Balaban J connectivity index is 1.45. The van der Waals surface area contributed by atoms with Crippen molar-refractivity contribution in [2.75, 3.05) is 19.6 Å². The molecule has 1 N–H and O–H groups in total. The predicted octanol–water partition coefficient (Wildman–Crippen LogP) is 1.81. The van der Waals surface area contributed by atoms with Crippen molar-refractivity contribution >= 4 is 6.03 Å². The average molecular weight is 338 g/mol. The van der Waals surface area contributed by atoms with E-state index >= 15 is 0 Å². The quantitative estimate of drug-likeness (QED) is 0.901. The second kappa shape index (κ2) is 8.29. The second-order valence-corrected chi connectivity index (χ2v) is 6.37. The molecule has 1 aromatic carbocycles. The van der Waals surface area contributed by atoms with Crippen molar-refractivity contribution in [1.82, 2.24) is 25.2 Å². The van der Waals surface area contributed by atoms with Gasteiger partial charge in [-0.1, -0.05) is 17.3 Å². The van der Waals surface area contributed by atoms with Crippen molar-refractivity contribution in [2.24, 2.45) is 5.92 Å². The van der Waals surface area contributed by atoms with Gasteiger partial charge >= 0.3 is 6.03 Å². The number of nitrogens with zero attached hydrogens (tertiary/aromatic N) is 5. The first-order valence-corrected chi connectivity index (χ1v) is 8.60. The number of likely N-dealkylation sites (tertiary alicyclic amines) is 1. The number of hydrogen-bond donors (Lipinski definition) is 1. The largest absolute Gasteiger partial charge is 0.338 e. The van der Waals surface area contributed by atoms with Gasteiger partial charge in [-0.2, -0.15) is 5.26 Å². The van der Waals surface area contributed by atoms with Crippen molar-refractivity contribution in [3.05, 3.63) is 47.8 Å². The number of aromatic nitrogens is 3. The summed E-state index contributed by atoms with van der Waals surface area (Å²) in [5.74, 6) is 0.411. The summed E-state index contributed by atoms with van der Waals surface area (Å²) in [6.07, 6.45) is 6.36. The van der Waals surface area contributed by atoms with Crippen molar-refractivity contribution < 1.29 is 4.79 Å². The number of hydrogen-bond acceptors (Lipinski definition) is 4. The van der Waals surface area contributed by atoms with Gasteiger partial charge in [-0.25, -0.2) is 4.79 Å². The summed E-state index contributed by atoms with van der Waals surface area (Å²) >= 11 is 0. The third kappa shape index (κ3) is 4.80. The SMILES string of the molecule is N#Cc1cccc(CCNC(=O)N2CCC[C@H](Cn3ccnn3)C2)c1. The van der Waals surface area contributed by atoms with E-state index in [0.29, 0.717) is 18.0 Å². The van der Waals surface area contributed by atoms with Gasteiger partial charge in [0.15, 0.2) is 0 Å². The molecule has 1 aliphatic rings. The molecule has 7 nitrogen and oxygen atoms in total. The van der Waals surface area contributed by atoms with Gasteiger partial charge in [-0.15, -0.1) is 5.10 Å². The topological polar surface area (TPSA) is 86.8 Å². The predicted molar refractivity (Wildman–Crippen MR) is 92.6 cm³/mol. The highest BCUT2D eigenvalue weighted by Gasteiger charge is 2.23. The van der Waals surface area contributed by atoms with E-state index in [2.05, 4.69) is 21.7 Å². The van der Waals surface area contributed by atoms with E-state index in [4.69, 9.17) is 5.26 Å². The minimum absolute atomic E-state index is 0.0141. The monoisotopic (exact) mass is 338 g/mol. The highest BCUT2D eigenvalue weighted by Crippen LogP contribution is 2.18. The fourth-order valence-electron chi connectivity index (χ4n) is 3.22. The summed E-state index contributed by atoms with van der Waals surface area (Å²) in [5.41, 5.74) is 1.71. The Morgan fingerprint density at radius 1 is 1.44 bits per heavy atom. The van der Waals surface area contributed by atoms with Crippen LogP contribution in [0.4, 0.5) is 4.79 Å². The lowest BCUT2D eigenvalue weighted by molar-refractivity contribution is 0.157. The van der Waals surface area contributed by atoms with Crippen LogP contribution in [-0.4, -0.2) is 45.6 Å². The molecule has 3 rings (SSSR count). The molecular weight excluding hydrogens is 316 g/mol. The van der Waals surface area contributed by atoms with Crippen molar-refractivity contribution in [2.45, 2.75) is 25.8 Å². The summed E-state index contributed by atoms with van der Waals surface area (Å²) < 4.78 is 1.83. The van der Waals surface area contributed by atoms with Gasteiger partial charge < -0.3 is 10.2 Å². The van der Waals surface area contributed by atoms with Crippen LogP contribution < -0.4 is 5.32 Å². The summed E-state index contributed by atoms with van der Waals surface area (Å²) in [5, 5.41) is 19.7. The van der Waals surface area contributed by atoms with E-state index in [9.17, 15) is 4.79 Å². The maximum absolute atomic E-state index is 12.4. The number of amides is 2. The van der Waals surface area contributed by atoms with Crippen LogP contribution in [0.2, 0.25) is 0 Å². The number of urea groups is 1. The summed E-state index contributed by atoms with van der Waals surface area (Å²) in [6.45, 7) is 2.90. The molecule has 2 heterocycles. The van der Waals surface area contributed by atoms with Crippen molar-refractivity contribution in [1.29, 1.82) is 5.26 Å². The van der Waals surface area contributed by atoms with E-state index in [0.717, 1.165) is 44.5 Å². The number of carbonyl (C=O) groups excluding carboxylic acids is 1. The Labute approximate surface area is 147 Å². The number of rotatable bonds is 5. The molecule has 7 heteroatoms. The van der Waals surface area contributed by atoms with E-state index in [1.807, 2.05) is 34.0 Å². The van der Waals surface area contributed by atoms with E-state index < -0.39 is 0 Å². The van der Waals surface area contributed by atoms with Crippen LogP contribution in [0, 0.1) is 17.2 Å². The first kappa shape index (κ1) is 17.0. The highest BCUT2D eigenvalue weighted by molar-refractivity contribution is 5.74. The molecule has 0 aliphatic carbocycles. The average Bonchev–Trinajstić information content (AvgIpc) is 3.15. The maximum Gasteiger partial charge on any atom is 0.317 e. The minimum atomic E-state index is -0.0141. The lowest BCUT2D eigenvalue weighted by Gasteiger charge is -2.32. The minimum Gasteiger partial charge on any atom is -0.338 e. The molecule has 0 spiro atoms. The molecule has 0 radical (unpaired) electrons. The molecule has 1 aromatic heterocycles. The lowest BCUT2D eigenvalue weighted by atomic mass is 9.98. The number of benzene rings is 1. The van der Waals surface area contributed by atoms with Crippen LogP contribution in [0.1, 0.15) is 24.0 Å². The third-order valence-corrected chi connectivity index (χ3v) is 4.47. The summed E-state index contributed by atoms with van der Waals surface area (Å²) in [7, 11) is 0. The third-order valence-electron chi connectivity index (χ3n) is 4.47. The van der Waals surface area contributed by atoms with Crippen molar-refractivity contribution in [3.8, 4) is 6.07 Å². The number of nitriles is 1. The second-order valence-electron chi connectivity index (χ2n) is 6.37. The zero-order chi connectivity index (χ0) is 17.5. The molecule has 1 fully saturated rings. The number of nitrogens with one attached hydrogen (secondary N) is 1. The van der Waals surface area contributed by atoms with Gasteiger partial charge in [0.1, 0.15) is 0 Å². The van der Waals surface area contributed by atoms with Crippen LogP contribution in [-0.2, 0) is 13.0 Å². The van der Waals surface area contributed by atoms with Crippen LogP contribution in [0.5, 0.6) is 0 Å². The van der Waals surface area contributed by atoms with Gasteiger partial charge in [0.2, 0.25) is 0 Å². The molecule has 2 aromatic rings. The van der Waals surface area contributed by atoms with Gasteiger partial charge in [0.25, 0.3) is 0 Å². The molecule has 25 heavy (non-hydrogen) atoms. The maximum atomic E-state index is 12.4. The Morgan fingerprint density at radius 3 is 3.16 bits per heavy atom. The smallest absolute Gasteiger partial charge is 0.317 e. The Bertz CT molecular complexity index is 736. The molecule has 2 amide bonds. The van der Waals surface area contributed by atoms with Crippen LogP contribution in [0.15, 0.2) is 36.7 Å². The van der Waals surface area contributed by atoms with E-state index in [-0.39, 0.29) is 6.03 Å². The zero-order valence-corrected chi connectivity index (χ0v) is 14.1. The van der Waals surface area contributed by atoms with Crippen LogP contribution in [0.25, 0.3) is 0 Å². The summed E-state index contributed by atoms with van der Waals surface area (Å²) in [4.78, 5) is 14.3. The normalized spacial score (nSPS) is 17.1. The molecule has 1 atom stereocenters. The Hall–Kier alpha value is -2.88. The lowest BCUT2D eigenvalue weighted by Crippen LogP contribution is -2.46. The van der Waals surface area contributed by atoms with Crippen LogP contribution >= 0.6 is 0 Å². The standard InChI is InChI=1S/C18H22N6O/c19-12-16-4-1-3-15(11-16)6-7-20-18(25)23-9-2-5-17(13-23)14-24-10-8-21-22-24/h1,3-4,8,10-11,17H,2,5-7,9,13-14H2,(H,20,25)/t17-/m0/s1. The molecule has 0 unspecified atom stereocenters. The van der Waals surface area contributed by atoms with Gasteiger partial charge in [-0.3, -0.25) is 4.68 Å². The van der Waals surface area contributed by atoms with Gasteiger partial charge in [0.05, 0.1) is 17.8 Å². The molecule has 0 bridgehead atoms. The first-order chi connectivity index (χ1) is 12.2. The zero-order valence-electron chi connectivity index (χ0n) is 14.1. The highest BCUT2D eigenvalue weighted by atomic mass is 16.2. The first-order valence-electron chi connectivity index (χ1n) is 8.60. The molecule has 130 valence electrons. The fraction of sp³-hybridized carbons (Fsp3) is 0.444. The molecule has 1 aliphatic heterocycles. The van der Waals surface area contributed by atoms with E-state index in [1.165, 1.54) is 0 Å². The van der Waals surface area contributed by atoms with Gasteiger partial charge in [0, 0.05) is 32.4 Å². The Morgan fingerprint density at radius 2 is 2.36 bits per heavy atom. The Kier molecular flexibility index (Phi) is 5.62. The number of carbonyl (C=O) groups is 1. The molecule has 1 saturated heterocycles. The molecular formula is C18H22N6O. The number of piperidine rings is 1. The van der Waals surface area contributed by atoms with E-state index in [1.54, 1.807) is 12.3 Å². The summed E-state index contributed by atoms with van der Waals surface area (Å²) in [6, 6.07) is 9.61. The van der Waals surface area contributed by atoms with Gasteiger partial charge in [-0.05, 0) is 42.9 Å². The van der Waals surface area contributed by atoms with Crippen LogP contribution in [0.3, 0.4) is 0 Å². The fourth-order valence-corrected chi connectivity index (χ4v) is 3.22. The molecule has 0 saturated carbocycles.